The van der Waals surface area contributed by atoms with E-state index in [1.54, 1.807) is 7.11 Å². The summed E-state index contributed by atoms with van der Waals surface area (Å²) < 4.78 is 30.4. The van der Waals surface area contributed by atoms with Crippen LogP contribution < -0.4 is 20.3 Å². The zero-order valence-corrected chi connectivity index (χ0v) is 15.8. The Morgan fingerprint density at radius 1 is 1.16 bits per heavy atom. The molecule has 0 saturated carbocycles. The van der Waals surface area contributed by atoms with Crippen molar-refractivity contribution in [2.45, 2.75) is 18.9 Å². The Balaban J connectivity index is 1.84. The molecule has 1 radical (unpaired) electrons. The molecule has 7 nitrogen and oxygen atoms in total. The molecule has 0 aliphatic carbocycles. The first-order valence-electron chi connectivity index (χ1n) is 8.69. The molecule has 0 spiro atoms. The monoisotopic (exact) mass is 367 g/mol. The highest BCUT2D eigenvalue weighted by Crippen LogP contribution is 2.35. The van der Waals surface area contributed by atoms with Crippen LogP contribution >= 0.6 is 0 Å². The van der Waals surface area contributed by atoms with Crippen LogP contribution in [-0.2, 0) is 10.0 Å². The summed E-state index contributed by atoms with van der Waals surface area (Å²) in [5.41, 5.74) is 8.32. The van der Waals surface area contributed by atoms with Crippen molar-refractivity contribution in [3.63, 3.8) is 0 Å². The predicted octanol–water partition coefficient (Wildman–Crippen LogP) is 0.504. The lowest BCUT2D eigenvalue weighted by Gasteiger charge is -2.39. The molecule has 2 aliphatic rings. The maximum Gasteiger partial charge on any atom is 0.211 e. The van der Waals surface area contributed by atoms with Crippen LogP contribution in [0.5, 0.6) is 5.75 Å². The molecule has 3 rings (SSSR count). The van der Waals surface area contributed by atoms with Gasteiger partial charge in [-0.2, -0.15) is 4.31 Å². The van der Waals surface area contributed by atoms with E-state index in [0.717, 1.165) is 37.3 Å². The number of methoxy groups -OCH3 is 1. The van der Waals surface area contributed by atoms with Crippen molar-refractivity contribution in [2.24, 2.45) is 5.73 Å². The Labute approximate surface area is 150 Å². The molecular formula is C17H27N4O3S. The Kier molecular flexibility index (Phi) is 5.41. The van der Waals surface area contributed by atoms with Crippen LogP contribution in [0.2, 0.25) is 0 Å². The number of hydrogen-bond acceptors (Lipinski definition) is 6. The minimum absolute atomic E-state index is 0.186. The number of hydrogen-bond donors (Lipinski definition) is 1. The Morgan fingerprint density at radius 2 is 1.88 bits per heavy atom. The van der Waals surface area contributed by atoms with E-state index in [0.29, 0.717) is 31.9 Å². The van der Waals surface area contributed by atoms with Crippen LogP contribution in [0, 0.1) is 6.07 Å². The van der Waals surface area contributed by atoms with Gasteiger partial charge in [-0.3, -0.25) is 0 Å². The Bertz CT molecular complexity index is 702. The van der Waals surface area contributed by atoms with Gasteiger partial charge in [-0.1, -0.05) is 0 Å². The first-order valence-corrected chi connectivity index (χ1v) is 10.5. The minimum atomic E-state index is -3.13. The topological polar surface area (TPSA) is 79.1 Å². The number of rotatable bonds is 4. The van der Waals surface area contributed by atoms with Crippen molar-refractivity contribution in [2.75, 3.05) is 62.4 Å². The number of ether oxygens (including phenoxy) is 1. The molecule has 0 aromatic heterocycles. The second-order valence-corrected chi connectivity index (χ2v) is 8.75. The Hall–Kier alpha value is -1.51. The molecule has 1 aromatic carbocycles. The maximum atomic E-state index is 11.7. The molecule has 0 amide bonds. The van der Waals surface area contributed by atoms with Gasteiger partial charge in [-0.15, -0.1) is 0 Å². The summed E-state index contributed by atoms with van der Waals surface area (Å²) in [6.45, 7) is 4.12. The highest BCUT2D eigenvalue weighted by molar-refractivity contribution is 7.88. The number of piperazine rings is 1. The van der Waals surface area contributed by atoms with Gasteiger partial charge in [0.1, 0.15) is 5.75 Å². The van der Waals surface area contributed by atoms with Gasteiger partial charge in [-0.05, 0) is 18.9 Å². The summed E-state index contributed by atoms with van der Waals surface area (Å²) in [5, 5.41) is 0. The quantitative estimate of drug-likeness (QED) is 0.835. The van der Waals surface area contributed by atoms with Crippen molar-refractivity contribution < 1.29 is 13.2 Å². The number of benzene rings is 1. The molecule has 2 N–H and O–H groups in total. The fraction of sp³-hybridized carbons (Fsp3) is 0.647. The average molecular weight is 367 g/mol. The first-order chi connectivity index (χ1) is 11.9. The van der Waals surface area contributed by atoms with E-state index in [1.165, 1.54) is 10.6 Å². The predicted molar refractivity (Wildman–Crippen MR) is 99.9 cm³/mol. The number of piperidine rings is 1. The second-order valence-electron chi connectivity index (χ2n) is 6.77. The summed E-state index contributed by atoms with van der Waals surface area (Å²) in [7, 11) is -1.50. The average Bonchev–Trinajstić information content (AvgIpc) is 2.60. The summed E-state index contributed by atoms with van der Waals surface area (Å²) in [6.07, 6.45) is 3.40. The largest absolute Gasteiger partial charge is 0.496 e. The van der Waals surface area contributed by atoms with Crippen molar-refractivity contribution in [3.8, 4) is 5.75 Å². The van der Waals surface area contributed by atoms with Crippen molar-refractivity contribution in [1.82, 2.24) is 4.31 Å². The lowest BCUT2D eigenvalue weighted by atomic mass is 10.0. The van der Waals surface area contributed by atoms with Gasteiger partial charge in [0.15, 0.2) is 0 Å². The van der Waals surface area contributed by atoms with Crippen LogP contribution in [0.25, 0.3) is 0 Å². The number of anilines is 2. The highest BCUT2D eigenvalue weighted by Gasteiger charge is 2.27. The van der Waals surface area contributed by atoms with E-state index >= 15 is 0 Å². The normalized spacial score (nSPS) is 22.9. The van der Waals surface area contributed by atoms with Crippen LogP contribution in [0.3, 0.4) is 0 Å². The van der Waals surface area contributed by atoms with Gasteiger partial charge in [0.25, 0.3) is 0 Å². The lowest BCUT2D eigenvalue weighted by molar-refractivity contribution is 0.386. The third-order valence-electron chi connectivity index (χ3n) is 4.95. The third kappa shape index (κ3) is 4.19. The number of sulfonamides is 1. The van der Waals surface area contributed by atoms with Gasteiger partial charge in [-0.25, -0.2) is 8.42 Å². The second kappa shape index (κ2) is 7.39. The fourth-order valence-corrected chi connectivity index (χ4v) is 4.39. The standard InChI is InChI=1S/C17H27N4O3S/c1-24-15-5-6-16(20-7-3-4-14(18)13-20)17(12-15)19-8-10-21(11-9-19)25(2,22)23/h6,12,14H,3-4,7-11,13,18H2,1-2H3/t14-/m1/s1. The van der Waals surface area contributed by atoms with Crippen molar-refractivity contribution in [1.29, 1.82) is 0 Å². The zero-order valence-electron chi connectivity index (χ0n) is 14.9. The van der Waals surface area contributed by atoms with E-state index in [4.69, 9.17) is 10.5 Å². The summed E-state index contributed by atoms with van der Waals surface area (Å²) in [6, 6.07) is 7.32. The maximum absolute atomic E-state index is 11.7. The van der Waals surface area contributed by atoms with Crippen LogP contribution in [0.15, 0.2) is 12.1 Å². The molecule has 0 unspecified atom stereocenters. The SMILES string of the molecule is COc1[c]cc(N2CCC[C@@H](N)C2)c(N2CCN(S(C)(=O)=O)CC2)c1. The molecule has 2 fully saturated rings. The molecule has 1 atom stereocenters. The molecule has 2 aliphatic heterocycles. The van der Waals surface area contributed by atoms with Gasteiger partial charge in [0, 0.05) is 57.4 Å². The van der Waals surface area contributed by atoms with Crippen molar-refractivity contribution >= 4 is 21.4 Å². The number of nitrogens with two attached hydrogens (primary N) is 1. The Morgan fingerprint density at radius 3 is 2.48 bits per heavy atom. The number of nitrogens with zero attached hydrogens (tertiary/aromatic N) is 3. The molecular weight excluding hydrogens is 340 g/mol. The van der Waals surface area contributed by atoms with Crippen LogP contribution in [-0.4, -0.2) is 71.4 Å². The van der Waals surface area contributed by atoms with Gasteiger partial charge < -0.3 is 20.3 Å². The molecule has 8 heteroatoms. The minimum Gasteiger partial charge on any atom is -0.496 e. The third-order valence-corrected chi connectivity index (χ3v) is 6.25. The van der Waals surface area contributed by atoms with E-state index < -0.39 is 10.0 Å². The fourth-order valence-electron chi connectivity index (χ4n) is 3.57. The smallest absolute Gasteiger partial charge is 0.211 e. The van der Waals surface area contributed by atoms with Gasteiger partial charge in [0.2, 0.25) is 10.0 Å². The highest BCUT2D eigenvalue weighted by atomic mass is 32.2. The van der Waals surface area contributed by atoms with Crippen LogP contribution in [0.4, 0.5) is 11.4 Å². The lowest BCUT2D eigenvalue weighted by Crippen LogP contribution is -2.49. The first kappa shape index (κ1) is 18.3. The van der Waals surface area contributed by atoms with Crippen LogP contribution in [0.1, 0.15) is 12.8 Å². The van der Waals surface area contributed by atoms with Gasteiger partial charge >= 0.3 is 0 Å². The van der Waals surface area contributed by atoms with Crippen molar-refractivity contribution in [3.05, 3.63) is 18.2 Å². The molecule has 2 heterocycles. The zero-order chi connectivity index (χ0) is 18.0. The van der Waals surface area contributed by atoms with E-state index in [2.05, 4.69) is 15.9 Å². The van der Waals surface area contributed by atoms with E-state index in [9.17, 15) is 8.42 Å². The molecule has 25 heavy (non-hydrogen) atoms. The molecule has 1 aromatic rings. The summed E-state index contributed by atoms with van der Waals surface area (Å²) >= 11 is 0. The van der Waals surface area contributed by atoms with Gasteiger partial charge in [0.05, 0.1) is 24.7 Å². The summed E-state index contributed by atoms with van der Waals surface area (Å²) in [5.74, 6) is 0.686. The summed E-state index contributed by atoms with van der Waals surface area (Å²) in [4.78, 5) is 4.54. The van der Waals surface area contributed by atoms with E-state index in [1.807, 2.05) is 12.1 Å². The molecule has 2 saturated heterocycles. The molecule has 0 bridgehead atoms. The van der Waals surface area contributed by atoms with E-state index in [-0.39, 0.29) is 6.04 Å². The molecule has 139 valence electrons.